The van der Waals surface area contributed by atoms with Crippen LogP contribution in [0.15, 0.2) is 36.7 Å². The third-order valence-electron chi connectivity index (χ3n) is 7.46. The number of methoxy groups -OCH3 is 1. The van der Waals surface area contributed by atoms with Gasteiger partial charge in [0.25, 0.3) is 5.85 Å². The number of aliphatic hydroxyl groups is 1. The van der Waals surface area contributed by atoms with Gasteiger partial charge in [0.1, 0.15) is 24.5 Å². The molecule has 0 bridgehead atoms. The maximum Gasteiger partial charge on any atom is 0.459 e. The lowest BCUT2D eigenvalue weighted by Gasteiger charge is -2.37. The van der Waals surface area contributed by atoms with E-state index in [0.717, 1.165) is 44.2 Å². The summed E-state index contributed by atoms with van der Waals surface area (Å²) in [5.41, 5.74) is -3.02. The van der Waals surface area contributed by atoms with Crippen molar-refractivity contribution in [2.24, 2.45) is 0 Å². The van der Waals surface area contributed by atoms with Crippen molar-refractivity contribution in [2.75, 3.05) is 25.6 Å². The smallest absolute Gasteiger partial charge is 0.459 e. The highest BCUT2D eigenvalue weighted by atomic mass is 31.2. The van der Waals surface area contributed by atoms with Gasteiger partial charge in [0.15, 0.2) is 16.9 Å². The zero-order valence-corrected chi connectivity index (χ0v) is 27.3. The van der Waals surface area contributed by atoms with Gasteiger partial charge in [0.05, 0.1) is 12.9 Å². The van der Waals surface area contributed by atoms with Crippen LogP contribution in [0.2, 0.25) is 0 Å². The summed E-state index contributed by atoms with van der Waals surface area (Å²) in [6.07, 6.45) is 2.28. The molecule has 1 aromatic carbocycles. The van der Waals surface area contributed by atoms with Gasteiger partial charge in [-0.2, -0.15) is 15.1 Å². The minimum absolute atomic E-state index is 0.0204. The summed E-state index contributed by atoms with van der Waals surface area (Å²) in [4.78, 5) is 36.0. The molecule has 4 rings (SSSR count). The first kappa shape index (κ1) is 36.1. The highest BCUT2D eigenvalue weighted by Crippen LogP contribution is 2.47. The summed E-state index contributed by atoms with van der Waals surface area (Å²) in [6, 6.07) is 6.48. The zero-order chi connectivity index (χ0) is 34.2. The number of rotatable bonds is 17. The predicted molar refractivity (Wildman–Crippen MR) is 164 cm³/mol. The van der Waals surface area contributed by atoms with E-state index >= 15 is 8.78 Å². The topological polar surface area (TPSA) is 185 Å². The van der Waals surface area contributed by atoms with Gasteiger partial charge in [-0.25, -0.2) is 18.3 Å². The minimum atomic E-state index is -4.65. The van der Waals surface area contributed by atoms with E-state index in [4.69, 9.17) is 23.3 Å². The Morgan fingerprint density at radius 1 is 1.23 bits per heavy atom. The van der Waals surface area contributed by atoms with Crippen molar-refractivity contribution < 1.29 is 51.3 Å². The van der Waals surface area contributed by atoms with Gasteiger partial charge in [-0.15, -0.1) is 0 Å². The van der Waals surface area contributed by atoms with Gasteiger partial charge in [0.2, 0.25) is 24.4 Å². The number of carbonyl (C=O) groups excluding carboxylic acids is 2. The lowest BCUT2D eigenvalue weighted by molar-refractivity contribution is -0.248. The van der Waals surface area contributed by atoms with E-state index in [1.165, 1.54) is 19.1 Å². The molecule has 47 heavy (non-hydrogen) atoms. The van der Waals surface area contributed by atoms with Crippen LogP contribution >= 0.6 is 7.75 Å². The van der Waals surface area contributed by atoms with Gasteiger partial charge in [-0.3, -0.25) is 24.0 Å². The lowest BCUT2D eigenvalue weighted by atomic mass is 9.98. The summed E-state index contributed by atoms with van der Waals surface area (Å²) in [6.45, 7) is 2.71. The number of halogens is 2. The second-order valence-corrected chi connectivity index (χ2v) is 12.7. The standard InChI is InChI=1S/C29H39F2N6O9P/c1-5-43-24-22-23(34-27(35-24)33-18-38)37(17-32-22)28(3,40)26(30)29(31,42-4)16-44-47(41,46-21-14-10-7-11-15-21)36-19(2)25(39)45-20-12-8-6-9-13-20/h7,10-11,14-15,17-20,26,40H,5-6,8-9,12-13,16H2,1-4H3,(H,36,41)(H,33,34,35,38)/t19?,26-,28+,29+,47?/m0/s1. The van der Waals surface area contributed by atoms with E-state index in [1.54, 1.807) is 25.1 Å². The average Bonchev–Trinajstić information content (AvgIpc) is 3.50. The van der Waals surface area contributed by atoms with Crippen molar-refractivity contribution in [3.8, 4) is 11.6 Å². The number of hydrogen-bond acceptors (Lipinski definition) is 12. The number of amides is 1. The SMILES string of the molecule is CCOc1nc(NC=O)nc2c1ncn2[C@](C)(O)[C@H](F)[C@@](F)(COP(=O)(NC(C)C(=O)OC1CCCCC1)Oc1ccccc1)OC. The third-order valence-corrected chi connectivity index (χ3v) is 9.08. The molecule has 1 amide bonds. The predicted octanol–water partition coefficient (Wildman–Crippen LogP) is 4.17. The molecule has 5 atom stereocenters. The van der Waals surface area contributed by atoms with E-state index < -0.39 is 44.1 Å². The van der Waals surface area contributed by atoms with Crippen molar-refractivity contribution in [3.63, 3.8) is 0 Å². The molecule has 15 nitrogen and oxygen atoms in total. The van der Waals surface area contributed by atoms with Crippen LogP contribution < -0.4 is 19.7 Å². The fourth-order valence-electron chi connectivity index (χ4n) is 4.95. The van der Waals surface area contributed by atoms with Crippen LogP contribution in [-0.2, 0) is 33.9 Å². The molecule has 18 heteroatoms. The van der Waals surface area contributed by atoms with Crippen molar-refractivity contribution in [3.05, 3.63) is 36.7 Å². The maximum absolute atomic E-state index is 16.3. The Morgan fingerprint density at radius 2 is 1.94 bits per heavy atom. The number of nitrogens with one attached hydrogen (secondary N) is 2. The number of nitrogens with zero attached hydrogens (tertiary/aromatic N) is 4. The Kier molecular flexibility index (Phi) is 11.8. The second kappa shape index (κ2) is 15.4. The van der Waals surface area contributed by atoms with Crippen LogP contribution in [0.4, 0.5) is 14.7 Å². The molecule has 1 aliphatic rings. The average molecular weight is 685 g/mol. The molecule has 258 valence electrons. The molecule has 1 aliphatic carbocycles. The number of aromatic nitrogens is 4. The molecule has 2 aromatic heterocycles. The molecular weight excluding hydrogens is 645 g/mol. The van der Waals surface area contributed by atoms with Gasteiger partial charge in [-0.05, 0) is 58.6 Å². The number of hydrogen-bond donors (Lipinski definition) is 3. The lowest BCUT2D eigenvalue weighted by Crippen LogP contribution is -2.54. The number of imidazole rings is 1. The highest BCUT2D eigenvalue weighted by Gasteiger charge is 2.54. The molecule has 1 saturated carbocycles. The van der Waals surface area contributed by atoms with E-state index in [9.17, 15) is 19.3 Å². The Balaban J connectivity index is 1.59. The Labute approximate surface area is 269 Å². The Bertz CT molecular complexity index is 1560. The molecule has 0 aliphatic heterocycles. The molecule has 1 fully saturated rings. The molecule has 0 radical (unpaired) electrons. The van der Waals surface area contributed by atoms with E-state index in [2.05, 4.69) is 25.4 Å². The maximum atomic E-state index is 16.3. The Hall–Kier alpha value is -3.76. The minimum Gasteiger partial charge on any atom is -0.476 e. The third kappa shape index (κ3) is 8.59. The van der Waals surface area contributed by atoms with Crippen LogP contribution in [0.5, 0.6) is 11.6 Å². The molecule has 0 spiro atoms. The highest BCUT2D eigenvalue weighted by molar-refractivity contribution is 7.52. The number of fused-ring (bicyclic) bond motifs is 1. The van der Waals surface area contributed by atoms with E-state index in [-0.39, 0.29) is 41.5 Å². The molecule has 3 N–H and O–H groups in total. The normalized spacial score (nSPS) is 19.0. The summed E-state index contributed by atoms with van der Waals surface area (Å²) < 4.78 is 74.1. The number of esters is 1. The molecule has 2 heterocycles. The number of ether oxygens (including phenoxy) is 3. The first-order valence-electron chi connectivity index (χ1n) is 15.0. The molecular formula is C29H39F2N6O9P. The second-order valence-electron chi connectivity index (χ2n) is 11.0. The van der Waals surface area contributed by atoms with Crippen LogP contribution in [0.3, 0.4) is 0 Å². The van der Waals surface area contributed by atoms with Gasteiger partial charge >= 0.3 is 13.7 Å². The molecule has 0 saturated heterocycles. The molecule has 3 aromatic rings. The quantitative estimate of drug-likeness (QED) is 0.105. The summed E-state index contributed by atoms with van der Waals surface area (Å²) in [5, 5.41) is 16.1. The first-order valence-corrected chi connectivity index (χ1v) is 16.6. The van der Waals surface area contributed by atoms with Crippen molar-refractivity contribution >= 4 is 37.2 Å². The first-order chi connectivity index (χ1) is 22.4. The summed E-state index contributed by atoms with van der Waals surface area (Å²) >= 11 is 0. The monoisotopic (exact) mass is 684 g/mol. The number of para-hydroxylation sites is 1. The number of alkyl halides is 2. The molecule has 2 unspecified atom stereocenters. The van der Waals surface area contributed by atoms with E-state index in [1.807, 2.05) is 0 Å². The van der Waals surface area contributed by atoms with Crippen molar-refractivity contribution in [1.29, 1.82) is 0 Å². The van der Waals surface area contributed by atoms with Crippen LogP contribution in [-0.4, -0.2) is 81.5 Å². The largest absolute Gasteiger partial charge is 0.476 e. The van der Waals surface area contributed by atoms with Crippen molar-refractivity contribution in [2.45, 2.75) is 82.8 Å². The van der Waals surface area contributed by atoms with E-state index in [0.29, 0.717) is 19.3 Å². The summed E-state index contributed by atoms with van der Waals surface area (Å²) in [5.74, 6) is -4.51. The fraction of sp³-hybridized carbons (Fsp3) is 0.552. The summed E-state index contributed by atoms with van der Waals surface area (Å²) in [7, 11) is -3.83. The fourth-order valence-corrected chi connectivity index (χ4v) is 6.45. The number of carbonyl (C=O) groups is 2. The van der Waals surface area contributed by atoms with Crippen LogP contribution in [0, 0.1) is 0 Å². The van der Waals surface area contributed by atoms with Gasteiger partial charge in [0, 0.05) is 7.11 Å². The number of benzene rings is 1. The van der Waals surface area contributed by atoms with Crippen molar-refractivity contribution in [1.82, 2.24) is 24.6 Å². The van der Waals surface area contributed by atoms with Crippen LogP contribution in [0.1, 0.15) is 52.9 Å². The van der Waals surface area contributed by atoms with Crippen LogP contribution in [0.25, 0.3) is 11.2 Å². The van der Waals surface area contributed by atoms with Gasteiger partial charge < -0.3 is 23.8 Å². The van der Waals surface area contributed by atoms with Gasteiger partial charge in [-0.1, -0.05) is 24.6 Å². The Morgan fingerprint density at radius 3 is 2.57 bits per heavy atom. The zero-order valence-electron chi connectivity index (χ0n) is 26.4. The number of anilines is 1.